The van der Waals surface area contributed by atoms with Crippen molar-refractivity contribution in [3.63, 3.8) is 0 Å². The number of fused-ring (bicyclic) bond motifs is 5. The molecule has 4 aliphatic heterocycles. The summed E-state index contributed by atoms with van der Waals surface area (Å²) in [5.74, 6) is 3.29. The summed E-state index contributed by atoms with van der Waals surface area (Å²) in [7, 11) is 2.93. The van der Waals surface area contributed by atoms with Crippen molar-refractivity contribution >= 4 is 46.1 Å². The zero-order valence-electron chi connectivity index (χ0n) is 37.2. The van der Waals surface area contributed by atoms with E-state index >= 15 is 4.39 Å². The van der Waals surface area contributed by atoms with Crippen LogP contribution in [0.25, 0.3) is 27.9 Å². The second-order valence-electron chi connectivity index (χ2n) is 15.8. The monoisotopic (exact) mass is 832 g/mol. The molecule has 5 heterocycles. The Morgan fingerprint density at radius 3 is 2.52 bits per heavy atom. The highest BCUT2D eigenvalue weighted by molar-refractivity contribution is 6.06. The summed E-state index contributed by atoms with van der Waals surface area (Å²) in [6.45, 7) is 22.5. The molecule has 2 aromatic carbocycles. The van der Waals surface area contributed by atoms with E-state index < -0.39 is 23.7 Å². The number of anilines is 1. The van der Waals surface area contributed by atoms with Gasteiger partial charge in [-0.25, -0.2) is 8.78 Å². The first-order valence-electron chi connectivity index (χ1n) is 21.0. The highest BCUT2D eigenvalue weighted by Crippen LogP contribution is 2.36. The lowest BCUT2D eigenvalue weighted by Crippen LogP contribution is -2.44. The number of alkyl halides is 1. The fourth-order valence-electron chi connectivity index (χ4n) is 7.55. The summed E-state index contributed by atoms with van der Waals surface area (Å²) in [5, 5.41) is 1.70. The first-order valence-corrected chi connectivity index (χ1v) is 21.0. The Bertz CT molecular complexity index is 2170. The second-order valence-corrected chi connectivity index (χ2v) is 15.8. The number of aromatic nitrogens is 2. The van der Waals surface area contributed by atoms with E-state index in [9.17, 15) is 9.18 Å². The van der Waals surface area contributed by atoms with Crippen LogP contribution < -0.4 is 24.9 Å². The van der Waals surface area contributed by atoms with Gasteiger partial charge < -0.3 is 28.6 Å². The number of benzene rings is 2. The molecule has 13 heteroatoms. The van der Waals surface area contributed by atoms with Gasteiger partial charge in [0.15, 0.2) is 25.4 Å². The van der Waals surface area contributed by atoms with Gasteiger partial charge in [0.1, 0.15) is 41.1 Å². The van der Waals surface area contributed by atoms with Crippen molar-refractivity contribution in [1.82, 2.24) is 14.9 Å². The van der Waals surface area contributed by atoms with Gasteiger partial charge in [-0.05, 0) is 82.7 Å². The lowest BCUT2D eigenvalue weighted by molar-refractivity contribution is -0.446. The lowest BCUT2D eigenvalue weighted by atomic mass is 9.94. The molecule has 0 bridgehead atoms. The van der Waals surface area contributed by atoms with E-state index in [4.69, 9.17) is 30.1 Å². The minimum atomic E-state index is -0.718. The molecule has 0 aliphatic carbocycles. The van der Waals surface area contributed by atoms with Crippen LogP contribution in [0.4, 0.5) is 19.4 Å². The predicted molar refractivity (Wildman–Crippen MR) is 235 cm³/mol. The third-order valence-electron chi connectivity index (χ3n) is 10.1. The van der Waals surface area contributed by atoms with Crippen LogP contribution in [0.1, 0.15) is 98.6 Å². The van der Waals surface area contributed by atoms with Gasteiger partial charge in [-0.15, -0.1) is 11.0 Å². The largest absolute Gasteiger partial charge is 0.596 e. The van der Waals surface area contributed by atoms with Crippen LogP contribution in [0.3, 0.4) is 0 Å². The molecule has 60 heavy (non-hydrogen) atoms. The average Bonchev–Trinajstić information content (AvgIpc) is 3.70. The normalized spacial score (nSPS) is 19.9. The van der Waals surface area contributed by atoms with E-state index in [1.54, 1.807) is 29.8 Å². The van der Waals surface area contributed by atoms with Crippen molar-refractivity contribution in [2.24, 2.45) is 0 Å². The maximum absolute atomic E-state index is 17.0. The molecular weight excluding hydrogens is 769 g/mol. The standard InChI is InChI=1S/C35H38FN4O6.C7H12FN.C3H8.C2H6/c1-9-23-11-10-12-24-17-26(45-20-42-7)18-27(29(23)24)21(2)30(36)31-28-22(3)44-19-25-13-14-39(34(41)46-35(4,5)6)15-16-40(25)32(28)38-33(37-31)43-8;8-6-4-7-2-1-3-9(7)5-6;1-3-2;1-2/h1,10-12,15,17-18,25H,2,13-14,16,19-20H2,3-8H3;6-7H,1-5H2;3H2,1-2H3;1-2H3/q+1;;;/b31-30-;;;/t25-;;;/m0.../s1. The highest BCUT2D eigenvalue weighted by atomic mass is 19.1. The molecule has 4 aliphatic rings. The van der Waals surface area contributed by atoms with Crippen molar-refractivity contribution < 1.29 is 41.8 Å². The number of hydrogen-bond acceptors (Lipinski definition) is 10. The number of amides is 1. The van der Waals surface area contributed by atoms with Crippen LogP contribution in [0.2, 0.25) is 0 Å². The number of rotatable bonds is 6. The second kappa shape index (κ2) is 22.0. The van der Waals surface area contributed by atoms with Gasteiger partial charge in [0, 0.05) is 42.6 Å². The zero-order chi connectivity index (χ0) is 44.1. The van der Waals surface area contributed by atoms with E-state index in [0.29, 0.717) is 64.6 Å². The molecular formula is C47H64F2N5O6+. The Morgan fingerprint density at radius 2 is 1.87 bits per heavy atom. The van der Waals surface area contributed by atoms with Crippen molar-refractivity contribution in [2.75, 3.05) is 58.7 Å². The Kier molecular flexibility index (Phi) is 17.4. The molecule has 2 saturated heterocycles. The summed E-state index contributed by atoms with van der Waals surface area (Å²) in [4.78, 5) is 26.3. The fraction of sp³-hybridized carbons (Fsp3) is 0.532. The van der Waals surface area contributed by atoms with Crippen molar-refractivity contribution in [1.29, 1.82) is 0 Å². The highest BCUT2D eigenvalue weighted by Gasteiger charge is 2.36. The molecule has 7 rings (SSSR count). The van der Waals surface area contributed by atoms with E-state index in [1.165, 1.54) is 33.5 Å². The van der Waals surface area contributed by atoms with Gasteiger partial charge >= 0.3 is 12.1 Å². The summed E-state index contributed by atoms with van der Waals surface area (Å²) >= 11 is 0. The van der Waals surface area contributed by atoms with Gasteiger partial charge in [0.05, 0.1) is 24.9 Å². The molecule has 0 saturated carbocycles. The molecule has 2 fully saturated rings. The Labute approximate surface area is 354 Å². The van der Waals surface area contributed by atoms with Crippen LogP contribution in [0.5, 0.6) is 11.8 Å². The molecule has 0 radical (unpaired) electrons. The third-order valence-corrected chi connectivity index (χ3v) is 10.1. The molecule has 1 amide bonds. The summed E-state index contributed by atoms with van der Waals surface area (Å²) in [6, 6.07) is 9.36. The molecule has 11 nitrogen and oxygen atoms in total. The molecule has 1 aromatic heterocycles. The SMILES string of the molecule is C#Cc1cccc2cc(OCOC)cc(C(=C)/C(F)=c3/nc(OC)nc4c3=C(C)OC[C@@H]3CC[N+](C(=O)OC(C)(C)C)=CCN43)c12.CC.CCC.FC1CC2CCCN2C1. The van der Waals surface area contributed by atoms with E-state index in [2.05, 4.69) is 41.2 Å². The molecule has 2 unspecified atom stereocenters. The third kappa shape index (κ3) is 11.6. The van der Waals surface area contributed by atoms with Gasteiger partial charge in [0.2, 0.25) is 0 Å². The Balaban J connectivity index is 0.000000481. The topological polar surface area (TPSA) is 98.5 Å². The van der Waals surface area contributed by atoms with E-state index in [-0.39, 0.29) is 42.9 Å². The molecule has 0 N–H and O–H groups in total. The van der Waals surface area contributed by atoms with Crippen LogP contribution in [-0.2, 0) is 14.2 Å². The van der Waals surface area contributed by atoms with Gasteiger partial charge in [0.25, 0.3) is 0 Å². The van der Waals surface area contributed by atoms with Gasteiger partial charge in [-0.1, -0.05) is 58.7 Å². The first kappa shape index (κ1) is 47.6. The maximum Gasteiger partial charge on any atom is 0.596 e. The lowest BCUT2D eigenvalue weighted by Gasteiger charge is -2.27. The number of carbonyl (C=O) groups excluding carboxylic acids is 1. The number of allylic oxidation sites excluding steroid dienone is 1. The van der Waals surface area contributed by atoms with Crippen LogP contribution >= 0.6 is 0 Å². The molecule has 3 aromatic rings. The number of halogens is 2. The number of ether oxygens (including phenoxy) is 5. The average molecular weight is 833 g/mol. The summed E-state index contributed by atoms with van der Waals surface area (Å²) < 4.78 is 59.2. The van der Waals surface area contributed by atoms with Crippen LogP contribution in [-0.4, -0.2) is 109 Å². The van der Waals surface area contributed by atoms with Crippen molar-refractivity contribution in [3.8, 4) is 24.1 Å². The number of terminal acetylenes is 1. The van der Waals surface area contributed by atoms with E-state index in [1.807, 2.05) is 57.7 Å². The van der Waals surface area contributed by atoms with Crippen LogP contribution in [0, 0.1) is 12.3 Å². The number of carbonyl (C=O) groups is 1. The number of hydrogen-bond donors (Lipinski definition) is 0. The summed E-state index contributed by atoms with van der Waals surface area (Å²) in [6.07, 6.45) is 11.8. The predicted octanol–water partition coefficient (Wildman–Crippen LogP) is 7.78. The first-order chi connectivity index (χ1) is 28.7. The smallest absolute Gasteiger partial charge is 0.495 e. The van der Waals surface area contributed by atoms with Gasteiger partial charge in [-0.2, -0.15) is 14.8 Å². The maximum atomic E-state index is 17.0. The molecule has 3 atom stereocenters. The molecule has 326 valence electrons. The molecule has 0 spiro atoms. The van der Waals surface area contributed by atoms with Gasteiger partial charge in [-0.3, -0.25) is 4.90 Å². The van der Waals surface area contributed by atoms with Crippen molar-refractivity contribution in [3.05, 3.63) is 58.6 Å². The fourth-order valence-corrected chi connectivity index (χ4v) is 7.55. The minimum absolute atomic E-state index is 0.0000647. The number of nitrogens with zero attached hydrogens (tertiary/aromatic N) is 5. The van der Waals surface area contributed by atoms with E-state index in [0.717, 1.165) is 18.4 Å². The minimum Gasteiger partial charge on any atom is -0.495 e. The summed E-state index contributed by atoms with van der Waals surface area (Å²) in [5.41, 5.74) is 0.395. The Morgan fingerprint density at radius 1 is 1.13 bits per heavy atom. The quantitative estimate of drug-likeness (QED) is 0.139. The van der Waals surface area contributed by atoms with Crippen molar-refractivity contribution in [2.45, 2.75) is 111 Å². The number of methoxy groups -OCH3 is 2. The zero-order valence-corrected chi connectivity index (χ0v) is 37.2. The Hall–Kier alpha value is -5.06. The van der Waals surface area contributed by atoms with Crippen LogP contribution in [0.15, 0.2) is 36.9 Å².